The number of fused-ring (bicyclic) bond motifs is 1. The van der Waals surface area contributed by atoms with E-state index in [-0.39, 0.29) is 18.7 Å². The molecule has 1 fully saturated rings. The van der Waals surface area contributed by atoms with Crippen molar-refractivity contribution in [3.63, 3.8) is 0 Å². The lowest BCUT2D eigenvalue weighted by Crippen LogP contribution is -2.48. The van der Waals surface area contributed by atoms with Gasteiger partial charge in [0.15, 0.2) is 0 Å². The molecule has 0 bridgehead atoms. The van der Waals surface area contributed by atoms with Crippen LogP contribution in [0.1, 0.15) is 32.3 Å². The van der Waals surface area contributed by atoms with Crippen LogP contribution in [0, 0.1) is 0 Å². The number of piperidine rings is 1. The fourth-order valence-electron chi connectivity index (χ4n) is 3.83. The molecular weight excluding hydrogens is 356 g/mol. The van der Waals surface area contributed by atoms with E-state index in [1.807, 2.05) is 18.7 Å². The molecule has 0 saturated carbocycles. The third-order valence-corrected chi connectivity index (χ3v) is 7.08. The average molecular weight is 382 g/mol. The van der Waals surface area contributed by atoms with E-state index in [1.165, 1.54) is 4.31 Å². The minimum atomic E-state index is -3.54. The molecule has 2 aliphatic rings. The Morgan fingerprint density at radius 2 is 2.04 bits per heavy atom. The Kier molecular flexibility index (Phi) is 5.55. The maximum atomic E-state index is 13.0. The quantitative estimate of drug-likeness (QED) is 0.804. The molecule has 0 unspecified atom stereocenters. The Balaban J connectivity index is 1.69. The van der Waals surface area contributed by atoms with Gasteiger partial charge in [0.1, 0.15) is 11.9 Å². The molecule has 7 nitrogen and oxygen atoms in total. The summed E-state index contributed by atoms with van der Waals surface area (Å²) in [4.78, 5) is 13.2. The van der Waals surface area contributed by atoms with Crippen molar-refractivity contribution in [1.82, 2.24) is 9.21 Å². The highest BCUT2D eigenvalue weighted by Crippen LogP contribution is 2.32. The fraction of sp³-hybridized carbons (Fsp3) is 0.611. The minimum Gasteiger partial charge on any atom is -0.490 e. The Bertz CT molecular complexity index is 772. The smallest absolute Gasteiger partial charge is 0.317 e. The van der Waals surface area contributed by atoms with Crippen molar-refractivity contribution < 1.29 is 23.1 Å². The molecule has 8 heteroatoms. The summed E-state index contributed by atoms with van der Waals surface area (Å²) < 4.78 is 33.1. The van der Waals surface area contributed by atoms with E-state index in [4.69, 9.17) is 9.84 Å². The van der Waals surface area contributed by atoms with Crippen LogP contribution in [0.25, 0.3) is 0 Å². The highest BCUT2D eigenvalue weighted by atomic mass is 32.2. The zero-order chi connectivity index (χ0) is 18.9. The lowest BCUT2D eigenvalue weighted by molar-refractivity contribution is -0.139. The highest BCUT2D eigenvalue weighted by Gasteiger charge is 2.32. The van der Waals surface area contributed by atoms with Crippen LogP contribution in [0.5, 0.6) is 5.75 Å². The number of carboxylic acid groups (broad SMARTS) is 1. The van der Waals surface area contributed by atoms with Gasteiger partial charge >= 0.3 is 5.97 Å². The molecule has 3 rings (SSSR count). The van der Waals surface area contributed by atoms with E-state index in [0.29, 0.717) is 37.4 Å². The molecule has 2 heterocycles. The monoisotopic (exact) mass is 382 g/mol. The van der Waals surface area contributed by atoms with Crippen molar-refractivity contribution in [2.45, 2.75) is 50.2 Å². The van der Waals surface area contributed by atoms with E-state index in [9.17, 15) is 13.2 Å². The number of ether oxygens (including phenoxy) is 1. The number of nitrogens with zero attached hydrogens (tertiary/aromatic N) is 2. The van der Waals surface area contributed by atoms with Crippen molar-refractivity contribution in [2.24, 2.45) is 0 Å². The molecule has 0 aliphatic carbocycles. The van der Waals surface area contributed by atoms with E-state index in [1.54, 1.807) is 18.2 Å². The summed E-state index contributed by atoms with van der Waals surface area (Å²) in [5.41, 5.74) is 0.937. The first-order valence-electron chi connectivity index (χ1n) is 9.07. The van der Waals surface area contributed by atoms with Gasteiger partial charge in [-0.2, -0.15) is 4.31 Å². The Hall–Kier alpha value is -1.64. The lowest BCUT2D eigenvalue weighted by Gasteiger charge is -2.36. The van der Waals surface area contributed by atoms with Crippen molar-refractivity contribution in [3.8, 4) is 5.75 Å². The molecule has 0 spiro atoms. The van der Waals surface area contributed by atoms with Crippen LogP contribution in [0.15, 0.2) is 23.1 Å². The Morgan fingerprint density at radius 3 is 2.65 bits per heavy atom. The molecule has 0 radical (unpaired) electrons. The van der Waals surface area contributed by atoms with Crippen LogP contribution >= 0.6 is 0 Å². The van der Waals surface area contributed by atoms with Crippen molar-refractivity contribution in [1.29, 1.82) is 0 Å². The van der Waals surface area contributed by atoms with Gasteiger partial charge in [-0.15, -0.1) is 0 Å². The number of hydrogen-bond donors (Lipinski definition) is 1. The number of carboxylic acids is 1. The summed E-state index contributed by atoms with van der Waals surface area (Å²) in [6.45, 7) is 5.36. The van der Waals surface area contributed by atoms with E-state index >= 15 is 0 Å². The number of carbonyl (C=O) groups is 1. The third kappa shape index (κ3) is 3.87. The predicted molar refractivity (Wildman–Crippen MR) is 96.9 cm³/mol. The highest BCUT2D eigenvalue weighted by molar-refractivity contribution is 7.89. The van der Waals surface area contributed by atoms with Crippen LogP contribution in [0.3, 0.4) is 0 Å². The zero-order valence-corrected chi connectivity index (χ0v) is 16.0. The molecule has 1 aromatic carbocycles. The summed E-state index contributed by atoms with van der Waals surface area (Å²) in [7, 11) is -3.54. The van der Waals surface area contributed by atoms with Crippen molar-refractivity contribution in [3.05, 3.63) is 23.8 Å². The number of hydrogen-bond acceptors (Lipinski definition) is 5. The first-order valence-corrected chi connectivity index (χ1v) is 10.5. The zero-order valence-electron chi connectivity index (χ0n) is 15.2. The SMILES string of the molecule is CCN(CC(=O)O)C1CCN(S(=O)(=O)c2ccc3c(c2)C[C@@H](C)O3)CC1. The normalized spacial score (nSPS) is 21.6. The standard InChI is InChI=1S/C18H26N2O5S/c1-3-19(12-18(21)22)15-6-8-20(9-7-15)26(23,24)16-4-5-17-14(11-16)10-13(2)25-17/h4-5,11,13,15H,3,6-10,12H2,1-2H3,(H,21,22)/t13-/m1/s1. The fourth-order valence-corrected chi connectivity index (χ4v) is 5.35. The molecule has 0 aromatic heterocycles. The Labute approximate surface area is 154 Å². The summed E-state index contributed by atoms with van der Waals surface area (Å²) in [5.74, 6) is -0.0843. The summed E-state index contributed by atoms with van der Waals surface area (Å²) >= 11 is 0. The van der Waals surface area contributed by atoms with Gasteiger partial charge in [0.25, 0.3) is 0 Å². The second-order valence-corrected chi connectivity index (χ2v) is 8.93. The number of aliphatic carboxylic acids is 1. The molecule has 1 N–H and O–H groups in total. The first-order chi connectivity index (χ1) is 12.3. The maximum absolute atomic E-state index is 13.0. The third-order valence-electron chi connectivity index (χ3n) is 5.19. The van der Waals surface area contributed by atoms with Gasteiger partial charge in [-0.1, -0.05) is 6.92 Å². The second kappa shape index (κ2) is 7.54. The van der Waals surface area contributed by atoms with Gasteiger partial charge in [0.05, 0.1) is 11.4 Å². The van der Waals surface area contributed by atoms with Crippen LogP contribution < -0.4 is 4.74 Å². The van der Waals surface area contributed by atoms with Crippen LogP contribution in [-0.4, -0.2) is 67.0 Å². The van der Waals surface area contributed by atoms with Crippen LogP contribution in [-0.2, 0) is 21.2 Å². The van der Waals surface area contributed by atoms with Gasteiger partial charge in [-0.3, -0.25) is 9.69 Å². The maximum Gasteiger partial charge on any atom is 0.317 e. The first kappa shape index (κ1) is 19.1. The van der Waals surface area contributed by atoms with Crippen molar-refractivity contribution in [2.75, 3.05) is 26.2 Å². The molecule has 1 atom stereocenters. The largest absolute Gasteiger partial charge is 0.490 e. The van der Waals surface area contributed by atoms with E-state index < -0.39 is 16.0 Å². The van der Waals surface area contributed by atoms with Gasteiger partial charge in [-0.05, 0) is 50.1 Å². The van der Waals surface area contributed by atoms with Crippen LogP contribution in [0.4, 0.5) is 0 Å². The van der Waals surface area contributed by atoms with E-state index in [0.717, 1.165) is 17.7 Å². The molecular formula is C18H26N2O5S. The number of rotatable bonds is 6. The number of sulfonamides is 1. The molecule has 1 saturated heterocycles. The minimum absolute atomic E-state index is 0.00305. The average Bonchev–Trinajstić information content (AvgIpc) is 2.98. The van der Waals surface area contributed by atoms with Gasteiger partial charge < -0.3 is 9.84 Å². The Morgan fingerprint density at radius 1 is 1.35 bits per heavy atom. The summed E-state index contributed by atoms with van der Waals surface area (Å²) in [6, 6.07) is 5.19. The van der Waals surface area contributed by atoms with Gasteiger partial charge in [0, 0.05) is 25.6 Å². The summed E-state index contributed by atoms with van der Waals surface area (Å²) in [6.07, 6.45) is 2.09. The molecule has 1 aromatic rings. The topological polar surface area (TPSA) is 87.2 Å². The number of benzene rings is 1. The lowest BCUT2D eigenvalue weighted by atomic mass is 10.0. The van der Waals surface area contributed by atoms with E-state index in [2.05, 4.69) is 0 Å². The van der Waals surface area contributed by atoms with Gasteiger partial charge in [0.2, 0.25) is 10.0 Å². The molecule has 26 heavy (non-hydrogen) atoms. The second-order valence-electron chi connectivity index (χ2n) is 6.99. The van der Waals surface area contributed by atoms with Crippen molar-refractivity contribution >= 4 is 16.0 Å². The molecule has 2 aliphatic heterocycles. The number of likely N-dealkylation sites (N-methyl/N-ethyl adjacent to an activating group) is 1. The molecule has 0 amide bonds. The van der Waals surface area contributed by atoms with Gasteiger partial charge in [-0.25, -0.2) is 8.42 Å². The van der Waals surface area contributed by atoms with Crippen LogP contribution in [0.2, 0.25) is 0 Å². The molecule has 144 valence electrons. The predicted octanol–water partition coefficient (Wildman–Crippen LogP) is 1.57. The summed E-state index contributed by atoms with van der Waals surface area (Å²) in [5, 5.41) is 9.01.